The number of aryl methyl sites for hydroxylation is 1. The van der Waals surface area contributed by atoms with Gasteiger partial charge in [0.25, 0.3) is 15.9 Å². The molecular formula is C24H27N3O3S. The minimum atomic E-state index is -3.66. The minimum Gasteiger partial charge on any atom is -0.385 e. The van der Waals surface area contributed by atoms with Gasteiger partial charge in [-0.1, -0.05) is 35.9 Å². The molecule has 0 aromatic heterocycles. The zero-order valence-electron chi connectivity index (χ0n) is 17.7. The third-order valence-corrected chi connectivity index (χ3v) is 6.71. The van der Waals surface area contributed by atoms with Crippen LogP contribution in [0, 0.1) is 6.92 Å². The number of para-hydroxylation sites is 1. The predicted octanol–water partition coefficient (Wildman–Crippen LogP) is 4.05. The van der Waals surface area contributed by atoms with Gasteiger partial charge in [-0.15, -0.1) is 0 Å². The van der Waals surface area contributed by atoms with E-state index in [1.165, 1.54) is 11.4 Å². The van der Waals surface area contributed by atoms with Crippen LogP contribution in [0.1, 0.15) is 22.3 Å². The van der Waals surface area contributed by atoms with E-state index < -0.39 is 10.0 Å². The van der Waals surface area contributed by atoms with Gasteiger partial charge in [0.15, 0.2) is 0 Å². The van der Waals surface area contributed by atoms with Gasteiger partial charge in [-0.3, -0.25) is 9.10 Å². The van der Waals surface area contributed by atoms with Crippen molar-refractivity contribution in [3.05, 3.63) is 90.0 Å². The van der Waals surface area contributed by atoms with Gasteiger partial charge in [0.2, 0.25) is 0 Å². The third-order valence-electron chi connectivity index (χ3n) is 4.91. The van der Waals surface area contributed by atoms with E-state index in [0.717, 1.165) is 24.2 Å². The Bertz CT molecular complexity index is 1100. The standard InChI is InChI=1S/C24H27N3O3S/c1-19-9-15-23(16-10-19)31(29,30)27(2)22-13-11-20(12-14-22)24(28)26-18-6-17-25-21-7-4-3-5-8-21/h3-5,7-16,25H,6,17-18H2,1-2H3,(H,26,28). The molecule has 0 aliphatic heterocycles. The van der Waals surface area contributed by atoms with Gasteiger partial charge < -0.3 is 10.6 Å². The quantitative estimate of drug-likeness (QED) is 0.495. The molecule has 0 spiro atoms. The zero-order chi connectivity index (χ0) is 22.3. The molecule has 0 heterocycles. The summed E-state index contributed by atoms with van der Waals surface area (Å²) in [6.45, 7) is 3.21. The Labute approximate surface area is 184 Å². The van der Waals surface area contributed by atoms with Gasteiger partial charge in [-0.05, 0) is 61.9 Å². The maximum absolute atomic E-state index is 12.8. The summed E-state index contributed by atoms with van der Waals surface area (Å²) in [5.74, 6) is -0.185. The molecule has 0 atom stereocenters. The lowest BCUT2D eigenvalue weighted by atomic mass is 10.2. The van der Waals surface area contributed by atoms with Gasteiger partial charge in [-0.2, -0.15) is 0 Å². The Balaban J connectivity index is 1.52. The summed E-state index contributed by atoms with van der Waals surface area (Å²) in [4.78, 5) is 12.6. The summed E-state index contributed by atoms with van der Waals surface area (Å²) in [6.07, 6.45) is 0.788. The Hall–Kier alpha value is -3.32. The van der Waals surface area contributed by atoms with Crippen LogP contribution < -0.4 is 14.9 Å². The fourth-order valence-electron chi connectivity index (χ4n) is 3.01. The number of hydrogen-bond acceptors (Lipinski definition) is 4. The lowest BCUT2D eigenvalue weighted by Gasteiger charge is -2.20. The van der Waals surface area contributed by atoms with Crippen molar-refractivity contribution in [2.75, 3.05) is 29.8 Å². The van der Waals surface area contributed by atoms with Crippen molar-refractivity contribution in [1.29, 1.82) is 0 Å². The number of hydrogen-bond donors (Lipinski definition) is 2. The number of rotatable bonds is 9. The fraction of sp³-hybridized carbons (Fsp3) is 0.208. The molecule has 2 N–H and O–H groups in total. The topological polar surface area (TPSA) is 78.5 Å². The Morgan fingerprint density at radius 2 is 1.52 bits per heavy atom. The summed E-state index contributed by atoms with van der Waals surface area (Å²) < 4.78 is 26.8. The average molecular weight is 438 g/mol. The molecule has 0 bridgehead atoms. The number of benzene rings is 3. The van der Waals surface area contributed by atoms with Crippen LogP contribution in [0.3, 0.4) is 0 Å². The molecule has 0 unspecified atom stereocenters. The number of nitrogens with zero attached hydrogens (tertiary/aromatic N) is 1. The number of carbonyl (C=O) groups excluding carboxylic acids is 1. The van der Waals surface area contributed by atoms with Crippen molar-refractivity contribution in [2.24, 2.45) is 0 Å². The summed E-state index contributed by atoms with van der Waals surface area (Å²) in [6, 6.07) is 23.2. The highest BCUT2D eigenvalue weighted by Gasteiger charge is 2.21. The number of amides is 1. The number of nitrogens with one attached hydrogen (secondary N) is 2. The van der Waals surface area contributed by atoms with Crippen molar-refractivity contribution in [3.63, 3.8) is 0 Å². The molecule has 7 heteroatoms. The van der Waals surface area contributed by atoms with E-state index >= 15 is 0 Å². The molecule has 162 valence electrons. The van der Waals surface area contributed by atoms with Crippen molar-refractivity contribution in [3.8, 4) is 0 Å². The largest absolute Gasteiger partial charge is 0.385 e. The maximum Gasteiger partial charge on any atom is 0.264 e. The molecule has 3 aromatic carbocycles. The second kappa shape index (κ2) is 10.1. The Kier molecular flexibility index (Phi) is 7.31. The number of sulfonamides is 1. The van der Waals surface area contributed by atoms with E-state index in [1.807, 2.05) is 37.3 Å². The van der Waals surface area contributed by atoms with Crippen LogP contribution in [-0.2, 0) is 10.0 Å². The van der Waals surface area contributed by atoms with Crippen LogP contribution in [0.15, 0.2) is 83.8 Å². The molecule has 31 heavy (non-hydrogen) atoms. The van der Waals surface area contributed by atoms with Crippen LogP contribution in [0.4, 0.5) is 11.4 Å². The highest BCUT2D eigenvalue weighted by molar-refractivity contribution is 7.92. The molecule has 0 fully saturated rings. The zero-order valence-corrected chi connectivity index (χ0v) is 18.5. The summed E-state index contributed by atoms with van der Waals surface area (Å²) >= 11 is 0. The van der Waals surface area contributed by atoms with E-state index in [0.29, 0.717) is 17.8 Å². The van der Waals surface area contributed by atoms with Crippen LogP contribution in [0.5, 0.6) is 0 Å². The molecule has 0 aliphatic carbocycles. The third kappa shape index (κ3) is 5.86. The minimum absolute atomic E-state index is 0.185. The molecule has 0 radical (unpaired) electrons. The normalized spacial score (nSPS) is 11.0. The van der Waals surface area contributed by atoms with E-state index in [4.69, 9.17) is 0 Å². The molecule has 6 nitrogen and oxygen atoms in total. The van der Waals surface area contributed by atoms with E-state index in [-0.39, 0.29) is 10.8 Å². The van der Waals surface area contributed by atoms with Crippen molar-refractivity contribution in [2.45, 2.75) is 18.2 Å². The van der Waals surface area contributed by atoms with Crippen molar-refractivity contribution in [1.82, 2.24) is 5.32 Å². The molecule has 0 saturated carbocycles. The Morgan fingerprint density at radius 3 is 2.16 bits per heavy atom. The second-order valence-corrected chi connectivity index (χ2v) is 9.20. The van der Waals surface area contributed by atoms with E-state index in [2.05, 4.69) is 10.6 Å². The summed E-state index contributed by atoms with van der Waals surface area (Å²) in [5.41, 5.74) is 3.02. The first-order valence-corrected chi connectivity index (χ1v) is 11.5. The second-order valence-electron chi connectivity index (χ2n) is 7.23. The van der Waals surface area contributed by atoms with Gasteiger partial charge in [-0.25, -0.2) is 8.42 Å². The lowest BCUT2D eigenvalue weighted by Crippen LogP contribution is -2.27. The molecule has 1 amide bonds. The highest BCUT2D eigenvalue weighted by Crippen LogP contribution is 2.22. The summed E-state index contributed by atoms with van der Waals surface area (Å²) in [5, 5.41) is 6.18. The van der Waals surface area contributed by atoms with Crippen molar-refractivity contribution < 1.29 is 13.2 Å². The highest BCUT2D eigenvalue weighted by atomic mass is 32.2. The molecule has 0 saturated heterocycles. The number of anilines is 2. The molecule has 3 rings (SSSR count). The fourth-order valence-corrected chi connectivity index (χ4v) is 4.21. The smallest absolute Gasteiger partial charge is 0.264 e. The first-order valence-electron chi connectivity index (χ1n) is 10.1. The van der Waals surface area contributed by atoms with Crippen molar-refractivity contribution >= 4 is 27.3 Å². The average Bonchev–Trinajstić information content (AvgIpc) is 2.79. The van der Waals surface area contributed by atoms with Gasteiger partial charge in [0, 0.05) is 31.4 Å². The maximum atomic E-state index is 12.8. The van der Waals surface area contributed by atoms with E-state index in [1.54, 1.807) is 48.5 Å². The summed E-state index contributed by atoms with van der Waals surface area (Å²) in [7, 11) is -2.16. The number of carbonyl (C=O) groups is 1. The SMILES string of the molecule is Cc1ccc(S(=O)(=O)N(C)c2ccc(C(=O)NCCCNc3ccccc3)cc2)cc1. The first kappa shape index (κ1) is 22.4. The van der Waals surface area contributed by atoms with Gasteiger partial charge in [0.1, 0.15) is 0 Å². The first-order chi connectivity index (χ1) is 14.9. The molecule has 0 aliphatic rings. The van der Waals surface area contributed by atoms with Crippen LogP contribution in [-0.4, -0.2) is 34.5 Å². The predicted molar refractivity (Wildman–Crippen MR) is 125 cm³/mol. The lowest BCUT2D eigenvalue weighted by molar-refractivity contribution is 0.0953. The van der Waals surface area contributed by atoms with E-state index in [9.17, 15) is 13.2 Å². The van der Waals surface area contributed by atoms with Crippen LogP contribution >= 0.6 is 0 Å². The molecule has 3 aromatic rings. The van der Waals surface area contributed by atoms with Gasteiger partial charge in [0.05, 0.1) is 10.6 Å². The van der Waals surface area contributed by atoms with Crippen LogP contribution in [0.25, 0.3) is 0 Å². The molecular weight excluding hydrogens is 410 g/mol. The monoisotopic (exact) mass is 437 g/mol. The Morgan fingerprint density at radius 1 is 0.871 bits per heavy atom. The van der Waals surface area contributed by atoms with Gasteiger partial charge >= 0.3 is 0 Å². The van der Waals surface area contributed by atoms with Crippen LogP contribution in [0.2, 0.25) is 0 Å².